The summed E-state index contributed by atoms with van der Waals surface area (Å²) in [6, 6.07) is 8.75. The summed E-state index contributed by atoms with van der Waals surface area (Å²) >= 11 is 0. The maximum Gasteiger partial charge on any atom is 0.261 e. The number of pyridine rings is 1. The number of carbonyl (C=O) groups is 2. The van der Waals surface area contributed by atoms with Crippen molar-refractivity contribution in [3.8, 4) is 5.75 Å². The van der Waals surface area contributed by atoms with Crippen LogP contribution >= 0.6 is 0 Å². The van der Waals surface area contributed by atoms with Gasteiger partial charge in [-0.1, -0.05) is 18.2 Å². The van der Waals surface area contributed by atoms with Gasteiger partial charge in [-0.2, -0.15) is 0 Å². The number of ether oxygens (including phenoxy) is 1. The van der Waals surface area contributed by atoms with Gasteiger partial charge in [0.1, 0.15) is 11.3 Å². The van der Waals surface area contributed by atoms with E-state index in [4.69, 9.17) is 4.74 Å². The van der Waals surface area contributed by atoms with Crippen LogP contribution in [0.3, 0.4) is 0 Å². The Kier molecular flexibility index (Phi) is 3.87. The number of fused-ring (bicyclic) bond motifs is 2. The van der Waals surface area contributed by atoms with Gasteiger partial charge in [-0.3, -0.25) is 14.4 Å². The van der Waals surface area contributed by atoms with E-state index in [9.17, 15) is 14.4 Å². The third-order valence-electron chi connectivity index (χ3n) is 4.76. The molecule has 0 bridgehead atoms. The van der Waals surface area contributed by atoms with Crippen molar-refractivity contribution in [2.45, 2.75) is 31.7 Å². The molecule has 1 aliphatic heterocycles. The number of ketones is 1. The zero-order valence-electron chi connectivity index (χ0n) is 13.6. The number of para-hydroxylation sites is 1. The molecule has 2 heterocycles. The molecule has 2 aliphatic rings. The van der Waals surface area contributed by atoms with E-state index in [1.807, 2.05) is 24.3 Å². The fourth-order valence-corrected chi connectivity index (χ4v) is 3.47. The number of nitrogens with one attached hydrogen (secondary N) is 2. The molecule has 1 aromatic carbocycles. The number of carbonyl (C=O) groups excluding carboxylic acids is 2. The van der Waals surface area contributed by atoms with E-state index in [0.29, 0.717) is 37.1 Å². The molecular weight excluding hydrogens is 320 g/mol. The molecule has 0 fully saturated rings. The summed E-state index contributed by atoms with van der Waals surface area (Å²) in [5, 5.41) is 2.90. The molecule has 2 aromatic rings. The highest BCUT2D eigenvalue weighted by atomic mass is 16.5. The summed E-state index contributed by atoms with van der Waals surface area (Å²) in [5.41, 5.74) is 1.52. The third kappa shape index (κ3) is 2.84. The monoisotopic (exact) mass is 338 g/mol. The van der Waals surface area contributed by atoms with Gasteiger partial charge >= 0.3 is 0 Å². The lowest BCUT2D eigenvalue weighted by Crippen LogP contribution is -2.36. The smallest absolute Gasteiger partial charge is 0.261 e. The Hall–Kier alpha value is -2.89. The summed E-state index contributed by atoms with van der Waals surface area (Å²) in [4.78, 5) is 39.7. The van der Waals surface area contributed by atoms with Crippen LogP contribution < -0.4 is 15.6 Å². The summed E-state index contributed by atoms with van der Waals surface area (Å²) in [6.07, 6.45) is 2.47. The van der Waals surface area contributed by atoms with Gasteiger partial charge < -0.3 is 15.0 Å². The molecule has 0 unspecified atom stereocenters. The Labute approximate surface area is 144 Å². The fourth-order valence-electron chi connectivity index (χ4n) is 3.47. The molecule has 0 saturated carbocycles. The van der Waals surface area contributed by atoms with Gasteiger partial charge in [0.25, 0.3) is 11.5 Å². The second-order valence-electron chi connectivity index (χ2n) is 6.38. The molecule has 0 radical (unpaired) electrons. The molecule has 128 valence electrons. The van der Waals surface area contributed by atoms with Gasteiger partial charge in [0.05, 0.1) is 12.6 Å². The van der Waals surface area contributed by atoms with Gasteiger partial charge in [0, 0.05) is 29.7 Å². The standard InChI is InChI=1S/C19H18N2O4/c22-16-6-3-5-14-12(16)10-13(18(23)20-14)19(24)21-15-8-9-25-17-7-2-1-4-11(15)17/h1-2,4,7,10,15H,3,5-6,8-9H2,(H,20,23)(H,21,24)/t15-/m1/s1. The average Bonchev–Trinajstić information content (AvgIpc) is 2.62. The van der Waals surface area contributed by atoms with Crippen LogP contribution in [0.5, 0.6) is 5.75 Å². The number of amides is 1. The number of H-pyrrole nitrogens is 1. The minimum atomic E-state index is -0.468. The maximum absolute atomic E-state index is 12.7. The largest absolute Gasteiger partial charge is 0.493 e. The lowest BCUT2D eigenvalue weighted by molar-refractivity contribution is 0.0923. The molecule has 1 atom stereocenters. The molecule has 1 aromatic heterocycles. The van der Waals surface area contributed by atoms with Crippen molar-refractivity contribution in [2.24, 2.45) is 0 Å². The van der Waals surface area contributed by atoms with Crippen molar-refractivity contribution in [1.29, 1.82) is 0 Å². The molecule has 6 heteroatoms. The number of aromatic amines is 1. The predicted molar refractivity (Wildman–Crippen MR) is 91.1 cm³/mol. The lowest BCUT2D eigenvalue weighted by Gasteiger charge is -2.26. The number of aromatic nitrogens is 1. The summed E-state index contributed by atoms with van der Waals surface area (Å²) in [7, 11) is 0. The van der Waals surface area contributed by atoms with Crippen LogP contribution in [0.2, 0.25) is 0 Å². The molecule has 6 nitrogen and oxygen atoms in total. The number of Topliss-reactive ketones (excluding diaryl/α,β-unsaturated/α-hetero) is 1. The highest BCUT2D eigenvalue weighted by molar-refractivity contribution is 6.01. The van der Waals surface area contributed by atoms with E-state index in [0.717, 1.165) is 17.7 Å². The first kappa shape index (κ1) is 15.6. The van der Waals surface area contributed by atoms with Crippen LogP contribution in [0.15, 0.2) is 35.1 Å². The average molecular weight is 338 g/mol. The van der Waals surface area contributed by atoms with Crippen LogP contribution in [0.25, 0.3) is 0 Å². The Morgan fingerprint density at radius 3 is 2.92 bits per heavy atom. The summed E-state index contributed by atoms with van der Waals surface area (Å²) in [5.74, 6) is 0.251. The second kappa shape index (κ2) is 6.20. The third-order valence-corrected chi connectivity index (χ3v) is 4.76. The van der Waals surface area contributed by atoms with E-state index in [1.54, 1.807) is 0 Å². The minimum absolute atomic E-state index is 0.0158. The Balaban J connectivity index is 1.63. The first-order valence-electron chi connectivity index (χ1n) is 8.45. The lowest BCUT2D eigenvalue weighted by atomic mass is 9.93. The van der Waals surface area contributed by atoms with E-state index in [1.165, 1.54) is 6.07 Å². The van der Waals surface area contributed by atoms with Gasteiger partial charge in [-0.15, -0.1) is 0 Å². The first-order chi connectivity index (χ1) is 12.1. The highest BCUT2D eigenvalue weighted by Gasteiger charge is 2.26. The van der Waals surface area contributed by atoms with E-state index in [-0.39, 0.29) is 17.4 Å². The highest BCUT2D eigenvalue weighted by Crippen LogP contribution is 2.31. The Bertz CT molecular complexity index is 916. The van der Waals surface area contributed by atoms with E-state index < -0.39 is 11.5 Å². The summed E-state index contributed by atoms with van der Waals surface area (Å²) < 4.78 is 5.59. The molecule has 1 aliphatic carbocycles. The minimum Gasteiger partial charge on any atom is -0.493 e. The van der Waals surface area contributed by atoms with E-state index >= 15 is 0 Å². The Morgan fingerprint density at radius 2 is 2.04 bits per heavy atom. The Morgan fingerprint density at radius 1 is 1.20 bits per heavy atom. The number of hydrogen-bond donors (Lipinski definition) is 2. The normalized spacial score (nSPS) is 18.7. The zero-order chi connectivity index (χ0) is 17.4. The van der Waals surface area contributed by atoms with Crippen LogP contribution in [0.1, 0.15) is 57.3 Å². The van der Waals surface area contributed by atoms with Crippen LogP contribution in [0, 0.1) is 0 Å². The molecule has 1 amide bonds. The van der Waals surface area contributed by atoms with Crippen molar-refractivity contribution in [1.82, 2.24) is 10.3 Å². The topological polar surface area (TPSA) is 88.3 Å². The number of aryl methyl sites for hydroxylation is 1. The van der Waals surface area contributed by atoms with E-state index in [2.05, 4.69) is 10.3 Å². The summed E-state index contributed by atoms with van der Waals surface area (Å²) in [6.45, 7) is 0.501. The maximum atomic E-state index is 12.7. The van der Waals surface area contributed by atoms with Crippen molar-refractivity contribution >= 4 is 11.7 Å². The molecule has 4 rings (SSSR count). The van der Waals surface area contributed by atoms with Gasteiger partial charge in [0.15, 0.2) is 5.78 Å². The van der Waals surface area contributed by atoms with Gasteiger partial charge in [-0.05, 0) is 25.0 Å². The number of hydrogen-bond acceptors (Lipinski definition) is 4. The zero-order valence-corrected chi connectivity index (χ0v) is 13.6. The van der Waals surface area contributed by atoms with Crippen LogP contribution in [0.4, 0.5) is 0 Å². The number of rotatable bonds is 2. The molecule has 25 heavy (non-hydrogen) atoms. The SMILES string of the molecule is O=C1CCCc2[nH]c(=O)c(C(=O)N[C@@H]3CCOc4ccccc43)cc21. The quantitative estimate of drug-likeness (QED) is 0.878. The predicted octanol–water partition coefficient (Wildman–Crippen LogP) is 2.15. The van der Waals surface area contributed by atoms with Gasteiger partial charge in [0.2, 0.25) is 0 Å². The van der Waals surface area contributed by atoms with Crippen molar-refractivity contribution in [2.75, 3.05) is 6.61 Å². The second-order valence-corrected chi connectivity index (χ2v) is 6.38. The van der Waals surface area contributed by atoms with Crippen molar-refractivity contribution in [3.05, 3.63) is 63.1 Å². The molecule has 0 spiro atoms. The number of benzene rings is 1. The van der Waals surface area contributed by atoms with Crippen molar-refractivity contribution in [3.63, 3.8) is 0 Å². The fraction of sp³-hybridized carbons (Fsp3) is 0.316. The first-order valence-corrected chi connectivity index (χ1v) is 8.45. The van der Waals surface area contributed by atoms with Crippen LogP contribution in [-0.4, -0.2) is 23.3 Å². The van der Waals surface area contributed by atoms with Crippen molar-refractivity contribution < 1.29 is 14.3 Å². The van der Waals surface area contributed by atoms with Crippen LogP contribution in [-0.2, 0) is 6.42 Å². The van der Waals surface area contributed by atoms with Gasteiger partial charge in [-0.25, -0.2) is 0 Å². The molecular formula is C19H18N2O4. The molecule has 0 saturated heterocycles. The molecule has 2 N–H and O–H groups in total.